The fourth-order valence-corrected chi connectivity index (χ4v) is 17.2. The molecule has 0 radical (unpaired) electrons. The van der Waals surface area contributed by atoms with Crippen molar-refractivity contribution >= 4 is 77.5 Å². The van der Waals surface area contributed by atoms with Crippen LogP contribution in [0.2, 0.25) is 0 Å². The quantitative estimate of drug-likeness (QED) is 0.0216. The van der Waals surface area contributed by atoms with Crippen LogP contribution in [0.25, 0.3) is 0 Å². The van der Waals surface area contributed by atoms with Gasteiger partial charge in [0.05, 0.1) is 53.2 Å². The number of hydrogen-bond acceptors (Lipinski definition) is 21. The Morgan fingerprint density at radius 2 is 0.832 bits per heavy atom. The lowest BCUT2D eigenvalue weighted by Crippen LogP contribution is -2.53. The molecule has 5 aromatic carbocycles. The number of aromatic nitrogens is 9. The van der Waals surface area contributed by atoms with Crippen molar-refractivity contribution in [2.75, 3.05) is 98.2 Å². The average Bonchev–Trinajstić information content (AvgIpc) is 1.63. The van der Waals surface area contributed by atoms with Crippen molar-refractivity contribution < 1.29 is 71.7 Å². The number of likely N-dealkylation sites (tertiary alicyclic amines) is 5. The van der Waals surface area contributed by atoms with Gasteiger partial charge in [-0.05, 0) is 180 Å². The summed E-state index contributed by atoms with van der Waals surface area (Å²) in [5, 5.41) is 34.3. The van der Waals surface area contributed by atoms with E-state index >= 15 is 0 Å². The summed E-state index contributed by atoms with van der Waals surface area (Å²) in [6.45, 7) is 19.8. The molecule has 16 rings (SSSR count). The predicted molar refractivity (Wildman–Crippen MR) is 514 cm³/mol. The highest BCUT2D eigenvalue weighted by molar-refractivity contribution is 6.99. The number of benzene rings is 5. The van der Waals surface area contributed by atoms with E-state index in [0.29, 0.717) is 168 Å². The Morgan fingerprint density at radius 3 is 1.20 bits per heavy atom. The number of carbonyl (C=O) groups excluding carboxylic acids is 11. The maximum Gasteiger partial charge on any atom is 0.410 e. The number of nitrogens with one attached hydrogen (secondary N) is 9. The van der Waals surface area contributed by atoms with Crippen LogP contribution in [0.4, 0.5) is 19.2 Å². The Labute approximate surface area is 803 Å². The molecule has 9 N–H and O–H groups in total. The van der Waals surface area contributed by atoms with E-state index in [1.165, 1.54) is 24.2 Å². The van der Waals surface area contributed by atoms with E-state index in [4.69, 9.17) is 18.9 Å². The maximum atomic E-state index is 13.3. The van der Waals surface area contributed by atoms with Gasteiger partial charge in [-0.3, -0.25) is 48.4 Å². The van der Waals surface area contributed by atoms with E-state index in [0.717, 1.165) is 129 Å². The fraction of sp³-hybridized carbons (Fsp3) is 0.446. The molecule has 5 aromatic heterocycles. The summed E-state index contributed by atoms with van der Waals surface area (Å²) in [7, 11) is 1.78. The van der Waals surface area contributed by atoms with Crippen LogP contribution >= 0.6 is 11.7 Å². The van der Waals surface area contributed by atoms with Gasteiger partial charge in [-0.2, -0.15) is 24.0 Å². The summed E-state index contributed by atoms with van der Waals surface area (Å²) in [5.74, 6) is 1.94. The molecular formula is C101H128N20O15S. The molecule has 728 valence electrons. The van der Waals surface area contributed by atoms with Gasteiger partial charge in [0, 0.05) is 142 Å². The van der Waals surface area contributed by atoms with E-state index in [2.05, 4.69) is 83.3 Å². The summed E-state index contributed by atoms with van der Waals surface area (Å²) < 4.78 is 30.8. The van der Waals surface area contributed by atoms with E-state index in [9.17, 15) is 52.7 Å². The first-order chi connectivity index (χ1) is 66.3. The van der Waals surface area contributed by atoms with Crippen LogP contribution in [-0.4, -0.2) is 244 Å². The molecule has 5 saturated heterocycles. The lowest BCUT2D eigenvalue weighted by Gasteiger charge is -2.34. The molecule has 35 nitrogen and oxygen atoms in total. The molecule has 11 amide bonds. The van der Waals surface area contributed by atoms with Crippen molar-refractivity contribution in [3.63, 3.8) is 0 Å². The van der Waals surface area contributed by atoms with Gasteiger partial charge >= 0.3 is 24.4 Å². The molecular weight excluding hydrogens is 1770 g/mol. The van der Waals surface area contributed by atoms with Crippen LogP contribution in [0.3, 0.4) is 0 Å². The Morgan fingerprint density at radius 1 is 0.453 bits per heavy atom. The molecule has 1 saturated carbocycles. The molecule has 10 heterocycles. The third-order valence-corrected chi connectivity index (χ3v) is 25.4. The Hall–Kier alpha value is -14.1. The summed E-state index contributed by atoms with van der Waals surface area (Å²) in [6, 6.07) is 50.2. The van der Waals surface area contributed by atoms with Crippen LogP contribution in [0.15, 0.2) is 201 Å². The standard InChI is InChI=1S/C24H33N5O4.C21H27N3O3.C20H24N4O2.C19H24N4O3.C17H20N4O3S/c1-24(2,3)33-23(32)28-20(13-17-7-5-4-6-8-17)22(31)29-11-9-18(10-12-29)14-25-21(30)19-15-26-27-16-19;1-15-12-16(2)23-19(15)20(25)22-13-17-8-10-24(11-9-17)21(26)27-14-18-6-4-3-5-7-18;25-19(16-12-22-23-13-16)21-11-14-6-8-24(9-7-14)20(26)18-10-17(18)15-4-2-1-3-5-15;1-22-13-17(12-21-22)18(24)20-11-15-7-9-23(10-8-15)19(25)26-14-16-5-3-2-4-6-16;22-16(15-11-19-25-20-15)18-10-13-6-8-21(9-7-13)17(23)24-12-14-4-2-1-3-5-14/h4-8,15-16,18,20H,9-14H2,1-3H3,(H,25,30)(H,26,27)(H,28,32);3-7,12,17,23H,8-11,13-14H2,1-2H3,(H,22,25);1-5,12-14,17-18H,6-11H2,(H,21,25)(H,22,23);2-6,12-13,15H,7-11,14H2,1H3,(H,20,24);1-5,11,13H,6-10,12H2,(H,18,22). The molecule has 137 heavy (non-hydrogen) atoms. The number of hydrogen-bond donors (Lipinski definition) is 9. The molecule has 5 aliphatic heterocycles. The van der Waals surface area contributed by atoms with Crippen molar-refractivity contribution in [1.82, 2.24) is 100 Å². The van der Waals surface area contributed by atoms with Gasteiger partial charge in [-0.25, -0.2) is 19.2 Å². The zero-order chi connectivity index (χ0) is 96.8. The second-order valence-electron chi connectivity index (χ2n) is 36.4. The van der Waals surface area contributed by atoms with Gasteiger partial charge in [-0.15, -0.1) is 0 Å². The van der Waals surface area contributed by atoms with Crippen molar-refractivity contribution in [3.8, 4) is 0 Å². The zero-order valence-corrected chi connectivity index (χ0v) is 79.7. The van der Waals surface area contributed by atoms with E-state index in [1.54, 1.807) is 76.9 Å². The second kappa shape index (κ2) is 52.1. The van der Waals surface area contributed by atoms with E-state index in [1.807, 2.05) is 164 Å². The Balaban J connectivity index is 0.000000154. The van der Waals surface area contributed by atoms with Gasteiger partial charge in [-0.1, -0.05) is 152 Å². The van der Waals surface area contributed by atoms with Crippen LogP contribution in [0.5, 0.6) is 0 Å². The number of rotatable bonds is 27. The number of ether oxygens (including phenoxy) is 4. The number of amides is 11. The Kier molecular flexibility index (Phi) is 38.8. The SMILES string of the molecule is CC(C)(C)OC(=O)NC(Cc1ccccc1)C(=O)N1CCC(CNC(=O)c2cn[nH]c2)CC1.Cc1cc(C)c(C(=O)NCC2CCN(C(=O)OCc3ccccc3)CC2)[nH]1.Cn1cc(C(=O)NCC2CCN(C(=O)OCc3ccccc3)CC2)cn1.O=C(NCC1CCN(C(=O)C2CC2c2ccccc2)CC1)c1cn[nH]c1.O=C(NCC1CCN(C(=O)OCc2ccccc2)CC1)c1cnsn1. The number of aryl methyl sites for hydroxylation is 3. The van der Waals surface area contributed by atoms with Crippen LogP contribution in [0.1, 0.15) is 188 Å². The normalized spacial score (nSPS) is 16.6. The minimum Gasteiger partial charge on any atom is -0.445 e. The zero-order valence-electron chi connectivity index (χ0n) is 78.8. The molecule has 36 heteroatoms. The first-order valence-corrected chi connectivity index (χ1v) is 47.9. The van der Waals surface area contributed by atoms with E-state index in [-0.39, 0.29) is 72.2 Å². The van der Waals surface area contributed by atoms with Gasteiger partial charge < -0.3 is 80.3 Å². The fourth-order valence-electron chi connectivity index (χ4n) is 16.8. The third kappa shape index (κ3) is 33.5. The number of piperidine rings is 5. The topological polar surface area (TPSA) is 430 Å². The van der Waals surface area contributed by atoms with Gasteiger partial charge in [0.15, 0.2) is 5.69 Å². The largest absolute Gasteiger partial charge is 0.445 e. The number of aromatic amines is 3. The van der Waals surface area contributed by atoms with E-state index < -0.39 is 17.7 Å². The van der Waals surface area contributed by atoms with Gasteiger partial charge in [0.1, 0.15) is 37.2 Å². The maximum absolute atomic E-state index is 13.3. The number of carbonyl (C=O) groups is 11. The van der Waals surface area contributed by atoms with Crippen molar-refractivity contribution in [1.29, 1.82) is 0 Å². The highest BCUT2D eigenvalue weighted by atomic mass is 32.1. The molecule has 0 bridgehead atoms. The highest BCUT2D eigenvalue weighted by Crippen LogP contribution is 2.49. The third-order valence-electron chi connectivity index (χ3n) is 24.9. The van der Waals surface area contributed by atoms with Crippen LogP contribution in [0, 0.1) is 49.4 Å². The predicted octanol–water partition coefficient (Wildman–Crippen LogP) is 12.6. The molecule has 10 aromatic rings. The van der Waals surface area contributed by atoms with Gasteiger partial charge in [0.2, 0.25) is 11.8 Å². The summed E-state index contributed by atoms with van der Waals surface area (Å²) in [4.78, 5) is 147. The average molecular weight is 1890 g/mol. The number of H-pyrrole nitrogens is 3. The molecule has 3 atom stereocenters. The summed E-state index contributed by atoms with van der Waals surface area (Å²) in [6.07, 6.45) is 19.4. The first-order valence-electron chi connectivity index (χ1n) is 47.1. The smallest absolute Gasteiger partial charge is 0.410 e. The highest BCUT2D eigenvalue weighted by Gasteiger charge is 2.46. The lowest BCUT2D eigenvalue weighted by atomic mass is 9.95. The van der Waals surface area contributed by atoms with Crippen LogP contribution < -0.4 is 31.9 Å². The monoisotopic (exact) mass is 1890 g/mol. The first kappa shape index (κ1) is 102. The summed E-state index contributed by atoms with van der Waals surface area (Å²) >= 11 is 1.02. The minimum absolute atomic E-state index is 0.0645. The number of nitrogens with zero attached hydrogens (tertiary/aromatic N) is 11. The van der Waals surface area contributed by atoms with Crippen molar-refractivity contribution in [2.24, 2.45) is 42.6 Å². The molecule has 6 aliphatic rings. The molecule has 1 aliphatic carbocycles. The molecule has 6 fully saturated rings. The molecule has 3 unspecified atom stereocenters. The lowest BCUT2D eigenvalue weighted by molar-refractivity contribution is -0.135. The molecule has 0 spiro atoms. The van der Waals surface area contributed by atoms with Crippen molar-refractivity contribution in [2.45, 2.75) is 149 Å². The number of alkyl carbamates (subject to hydrolysis) is 1. The Bertz CT molecular complexity index is 5420. The van der Waals surface area contributed by atoms with Crippen LogP contribution in [-0.2, 0) is 61.8 Å². The summed E-state index contributed by atoms with van der Waals surface area (Å²) in [5.41, 5.74) is 9.09. The minimum atomic E-state index is -0.709. The van der Waals surface area contributed by atoms with Crippen molar-refractivity contribution in [3.05, 3.63) is 268 Å². The van der Waals surface area contributed by atoms with Gasteiger partial charge in [0.25, 0.3) is 29.5 Å². The second-order valence-corrected chi connectivity index (χ2v) is 37.0.